The van der Waals surface area contributed by atoms with Crippen LogP contribution in [-0.2, 0) is 6.54 Å². The van der Waals surface area contributed by atoms with Gasteiger partial charge in [0.2, 0.25) is 0 Å². The van der Waals surface area contributed by atoms with Gasteiger partial charge in [0.1, 0.15) is 0 Å². The van der Waals surface area contributed by atoms with Crippen LogP contribution >= 0.6 is 0 Å². The maximum absolute atomic E-state index is 3.90. The smallest absolute Gasteiger partial charge is 0.0692 e. The molecule has 0 aromatic carbocycles. The van der Waals surface area contributed by atoms with Crippen LogP contribution in [0.1, 0.15) is 19.3 Å². The van der Waals surface area contributed by atoms with E-state index in [9.17, 15) is 0 Å². The van der Waals surface area contributed by atoms with Crippen LogP contribution in [0, 0.1) is 5.92 Å². The molecule has 0 amide bonds. The van der Waals surface area contributed by atoms with Gasteiger partial charge in [-0.15, -0.1) is 5.10 Å². The summed E-state index contributed by atoms with van der Waals surface area (Å²) in [4.78, 5) is 0. The van der Waals surface area contributed by atoms with Crippen LogP contribution < -0.4 is 0 Å². The molecule has 1 aliphatic carbocycles. The Morgan fingerprint density at radius 1 is 1.50 bits per heavy atom. The van der Waals surface area contributed by atoms with Crippen LogP contribution in [0.2, 0.25) is 0 Å². The third-order valence-corrected chi connectivity index (χ3v) is 2.14. The molecule has 1 aliphatic rings. The number of rotatable bonds is 2. The molecule has 0 spiro atoms. The molecule has 0 bridgehead atoms. The summed E-state index contributed by atoms with van der Waals surface area (Å²) < 4.78 is 1.92. The first-order valence-corrected chi connectivity index (χ1v) is 3.79. The molecule has 3 nitrogen and oxygen atoms in total. The molecule has 0 radical (unpaired) electrons. The van der Waals surface area contributed by atoms with E-state index in [-0.39, 0.29) is 0 Å². The van der Waals surface area contributed by atoms with E-state index in [2.05, 4.69) is 10.3 Å². The quantitative estimate of drug-likeness (QED) is 0.610. The molecule has 0 unspecified atom stereocenters. The normalized spacial score (nSPS) is 18.8. The van der Waals surface area contributed by atoms with Crippen LogP contribution in [0.5, 0.6) is 0 Å². The fourth-order valence-electron chi connectivity index (χ4n) is 1.27. The fraction of sp³-hybridized carbons (Fsp3) is 0.714. The molecule has 1 heterocycles. The minimum atomic E-state index is 0.877. The third-order valence-electron chi connectivity index (χ3n) is 2.14. The number of nitrogens with zero attached hydrogens (tertiary/aromatic N) is 3. The van der Waals surface area contributed by atoms with Gasteiger partial charge in [-0.05, 0) is 18.8 Å². The molecule has 2 rings (SSSR count). The average Bonchev–Trinajstić information content (AvgIpc) is 2.29. The summed E-state index contributed by atoms with van der Waals surface area (Å²) in [7, 11) is 0. The molecule has 0 N–H and O–H groups in total. The van der Waals surface area contributed by atoms with Gasteiger partial charge in [-0.25, -0.2) is 0 Å². The zero-order chi connectivity index (χ0) is 6.81. The molecule has 54 valence electrons. The van der Waals surface area contributed by atoms with Crippen molar-refractivity contribution in [2.24, 2.45) is 5.92 Å². The lowest BCUT2D eigenvalue weighted by atomic mass is 9.85. The zero-order valence-corrected chi connectivity index (χ0v) is 5.90. The minimum absolute atomic E-state index is 0.877. The molecular weight excluding hydrogens is 126 g/mol. The average molecular weight is 137 g/mol. The Kier molecular flexibility index (Phi) is 1.42. The lowest BCUT2D eigenvalue weighted by Gasteiger charge is -2.24. The summed E-state index contributed by atoms with van der Waals surface area (Å²) in [5.74, 6) is 0.877. The molecule has 1 fully saturated rings. The van der Waals surface area contributed by atoms with Crippen molar-refractivity contribution in [3.05, 3.63) is 12.4 Å². The Hall–Kier alpha value is -0.860. The molecule has 0 atom stereocenters. The van der Waals surface area contributed by atoms with Gasteiger partial charge < -0.3 is 0 Å². The summed E-state index contributed by atoms with van der Waals surface area (Å²) in [6, 6.07) is 0. The monoisotopic (exact) mass is 137 g/mol. The second-order valence-electron chi connectivity index (χ2n) is 2.92. The van der Waals surface area contributed by atoms with Gasteiger partial charge in [0.25, 0.3) is 0 Å². The van der Waals surface area contributed by atoms with Crippen LogP contribution in [0.15, 0.2) is 12.4 Å². The summed E-state index contributed by atoms with van der Waals surface area (Å²) in [5.41, 5.74) is 0. The summed E-state index contributed by atoms with van der Waals surface area (Å²) in [5, 5.41) is 7.65. The molecule has 1 saturated carbocycles. The number of hydrogen-bond donors (Lipinski definition) is 0. The Morgan fingerprint density at radius 3 is 2.90 bits per heavy atom. The minimum Gasteiger partial charge on any atom is -0.252 e. The van der Waals surface area contributed by atoms with Gasteiger partial charge in [-0.3, -0.25) is 4.68 Å². The van der Waals surface area contributed by atoms with E-state index >= 15 is 0 Å². The Morgan fingerprint density at radius 2 is 2.40 bits per heavy atom. The highest BCUT2D eigenvalue weighted by atomic mass is 15.4. The molecule has 1 aromatic heterocycles. The van der Waals surface area contributed by atoms with Crippen molar-refractivity contribution in [3.63, 3.8) is 0 Å². The SMILES string of the molecule is c1cn(CC2CCC2)nn1. The lowest BCUT2D eigenvalue weighted by Crippen LogP contribution is -2.18. The van der Waals surface area contributed by atoms with E-state index in [4.69, 9.17) is 0 Å². The van der Waals surface area contributed by atoms with Gasteiger partial charge in [0, 0.05) is 12.7 Å². The lowest BCUT2D eigenvalue weighted by molar-refractivity contribution is 0.264. The van der Waals surface area contributed by atoms with Crippen molar-refractivity contribution in [3.8, 4) is 0 Å². The van der Waals surface area contributed by atoms with Crippen LogP contribution in [-0.4, -0.2) is 15.0 Å². The fourth-order valence-corrected chi connectivity index (χ4v) is 1.27. The van der Waals surface area contributed by atoms with Crippen LogP contribution in [0.4, 0.5) is 0 Å². The standard InChI is InChI=1S/C7H11N3/c1-2-7(3-1)6-10-5-4-8-9-10/h4-5,7H,1-3,6H2. The van der Waals surface area contributed by atoms with Crippen molar-refractivity contribution in [2.75, 3.05) is 0 Å². The summed E-state index contributed by atoms with van der Waals surface area (Å²) in [6.07, 6.45) is 7.82. The van der Waals surface area contributed by atoms with Gasteiger partial charge in [-0.1, -0.05) is 11.6 Å². The maximum Gasteiger partial charge on any atom is 0.0692 e. The van der Waals surface area contributed by atoms with Gasteiger partial charge >= 0.3 is 0 Å². The van der Waals surface area contributed by atoms with Crippen molar-refractivity contribution in [1.82, 2.24) is 15.0 Å². The van der Waals surface area contributed by atoms with E-state index in [1.807, 2.05) is 10.9 Å². The van der Waals surface area contributed by atoms with E-state index in [0.717, 1.165) is 12.5 Å². The van der Waals surface area contributed by atoms with Crippen LogP contribution in [0.25, 0.3) is 0 Å². The maximum atomic E-state index is 3.90. The van der Waals surface area contributed by atoms with Gasteiger partial charge in [0.05, 0.1) is 6.20 Å². The highest BCUT2D eigenvalue weighted by Gasteiger charge is 2.17. The second kappa shape index (κ2) is 2.40. The highest BCUT2D eigenvalue weighted by molar-refractivity contribution is 4.72. The van der Waals surface area contributed by atoms with Crippen molar-refractivity contribution in [1.29, 1.82) is 0 Å². The number of aromatic nitrogens is 3. The molecule has 0 aliphatic heterocycles. The Labute approximate surface area is 60.0 Å². The molecular formula is C7H11N3. The van der Waals surface area contributed by atoms with Gasteiger partial charge in [0.15, 0.2) is 0 Å². The van der Waals surface area contributed by atoms with E-state index in [0.29, 0.717) is 0 Å². The van der Waals surface area contributed by atoms with E-state index in [1.165, 1.54) is 19.3 Å². The third kappa shape index (κ3) is 1.03. The Bertz CT molecular complexity index is 189. The predicted octanol–water partition coefficient (Wildman–Crippen LogP) is 1.08. The molecule has 10 heavy (non-hydrogen) atoms. The summed E-state index contributed by atoms with van der Waals surface area (Å²) in [6.45, 7) is 1.07. The van der Waals surface area contributed by atoms with E-state index in [1.54, 1.807) is 6.20 Å². The predicted molar refractivity (Wildman–Crippen MR) is 37.4 cm³/mol. The largest absolute Gasteiger partial charge is 0.252 e. The molecule has 1 aromatic rings. The van der Waals surface area contributed by atoms with Gasteiger partial charge in [-0.2, -0.15) is 0 Å². The molecule has 0 saturated heterocycles. The Balaban J connectivity index is 1.90. The van der Waals surface area contributed by atoms with Crippen molar-refractivity contribution >= 4 is 0 Å². The highest BCUT2D eigenvalue weighted by Crippen LogP contribution is 2.27. The topological polar surface area (TPSA) is 30.7 Å². The van der Waals surface area contributed by atoms with Crippen molar-refractivity contribution in [2.45, 2.75) is 25.8 Å². The molecule has 3 heteroatoms. The number of hydrogen-bond acceptors (Lipinski definition) is 2. The van der Waals surface area contributed by atoms with Crippen LogP contribution in [0.3, 0.4) is 0 Å². The van der Waals surface area contributed by atoms with Crippen molar-refractivity contribution < 1.29 is 0 Å². The first-order valence-electron chi connectivity index (χ1n) is 3.79. The first-order chi connectivity index (χ1) is 4.95. The zero-order valence-electron chi connectivity index (χ0n) is 5.90. The summed E-state index contributed by atoms with van der Waals surface area (Å²) >= 11 is 0. The van der Waals surface area contributed by atoms with E-state index < -0.39 is 0 Å². The first kappa shape index (κ1) is 5.89. The second-order valence-corrected chi connectivity index (χ2v) is 2.92.